The standard InChI is InChI=1S/C7H5N5O/c8-3-7-11-9-5-12(7)4-6-1-2-10-13-6/h1-2,5H,4H2. The average Bonchev–Trinajstić information content (AvgIpc) is 2.76. The molecule has 0 saturated heterocycles. The Labute approximate surface area is 73.4 Å². The molecular formula is C7H5N5O. The molecule has 0 atom stereocenters. The molecular weight excluding hydrogens is 170 g/mol. The number of hydrogen-bond acceptors (Lipinski definition) is 5. The van der Waals surface area contributed by atoms with Gasteiger partial charge in [-0.15, -0.1) is 10.2 Å². The first-order valence-electron chi connectivity index (χ1n) is 3.57. The third-order valence-corrected chi connectivity index (χ3v) is 1.53. The largest absolute Gasteiger partial charge is 0.359 e. The second-order valence-corrected chi connectivity index (χ2v) is 2.37. The molecule has 2 aromatic rings. The molecule has 2 aromatic heterocycles. The Kier molecular flexibility index (Phi) is 1.77. The van der Waals surface area contributed by atoms with Crippen molar-refractivity contribution in [1.82, 2.24) is 19.9 Å². The minimum Gasteiger partial charge on any atom is -0.359 e. The Morgan fingerprint density at radius 1 is 1.62 bits per heavy atom. The van der Waals surface area contributed by atoms with Crippen LogP contribution in [0.3, 0.4) is 0 Å². The van der Waals surface area contributed by atoms with Crippen LogP contribution in [0.25, 0.3) is 0 Å². The van der Waals surface area contributed by atoms with Crippen molar-refractivity contribution in [1.29, 1.82) is 5.26 Å². The number of nitriles is 1. The molecule has 0 amide bonds. The average molecular weight is 175 g/mol. The van der Waals surface area contributed by atoms with Crippen LogP contribution in [0.4, 0.5) is 0 Å². The lowest BCUT2D eigenvalue weighted by Crippen LogP contribution is -2.00. The van der Waals surface area contributed by atoms with Gasteiger partial charge in [0.2, 0.25) is 5.82 Å². The van der Waals surface area contributed by atoms with Gasteiger partial charge in [0.05, 0.1) is 12.7 Å². The summed E-state index contributed by atoms with van der Waals surface area (Å²) in [5.74, 6) is 0.924. The topological polar surface area (TPSA) is 80.5 Å². The van der Waals surface area contributed by atoms with Gasteiger partial charge in [-0.05, 0) is 0 Å². The van der Waals surface area contributed by atoms with Crippen LogP contribution in [0, 0.1) is 11.3 Å². The van der Waals surface area contributed by atoms with Gasteiger partial charge in [-0.1, -0.05) is 5.16 Å². The second-order valence-electron chi connectivity index (χ2n) is 2.37. The van der Waals surface area contributed by atoms with Gasteiger partial charge in [0, 0.05) is 6.07 Å². The van der Waals surface area contributed by atoms with Crippen molar-refractivity contribution < 1.29 is 4.52 Å². The number of rotatable bonds is 2. The minimum atomic E-state index is 0.261. The highest BCUT2D eigenvalue weighted by molar-refractivity contribution is 5.10. The van der Waals surface area contributed by atoms with E-state index in [0.29, 0.717) is 12.3 Å². The van der Waals surface area contributed by atoms with Crippen LogP contribution in [0.15, 0.2) is 23.1 Å². The molecule has 13 heavy (non-hydrogen) atoms. The van der Waals surface area contributed by atoms with E-state index in [1.807, 2.05) is 6.07 Å². The predicted octanol–water partition coefficient (Wildman–Crippen LogP) is 0.186. The van der Waals surface area contributed by atoms with Gasteiger partial charge in [-0.2, -0.15) is 5.26 Å². The molecule has 64 valence electrons. The summed E-state index contributed by atoms with van der Waals surface area (Å²) in [6.07, 6.45) is 3.02. The van der Waals surface area contributed by atoms with Gasteiger partial charge >= 0.3 is 0 Å². The number of aromatic nitrogens is 4. The summed E-state index contributed by atoms with van der Waals surface area (Å²) in [4.78, 5) is 0. The monoisotopic (exact) mass is 175 g/mol. The summed E-state index contributed by atoms with van der Waals surface area (Å²) < 4.78 is 6.45. The Morgan fingerprint density at radius 3 is 3.23 bits per heavy atom. The Morgan fingerprint density at radius 2 is 2.54 bits per heavy atom. The fourth-order valence-corrected chi connectivity index (χ4v) is 0.949. The quantitative estimate of drug-likeness (QED) is 0.650. The molecule has 0 aliphatic rings. The van der Waals surface area contributed by atoms with Gasteiger partial charge < -0.3 is 4.52 Å². The highest BCUT2D eigenvalue weighted by Gasteiger charge is 2.04. The summed E-state index contributed by atoms with van der Waals surface area (Å²) in [5.41, 5.74) is 0. The van der Waals surface area contributed by atoms with Crippen molar-refractivity contribution >= 4 is 0 Å². The first-order chi connectivity index (χ1) is 6.40. The van der Waals surface area contributed by atoms with Crippen LogP contribution in [-0.4, -0.2) is 19.9 Å². The van der Waals surface area contributed by atoms with Crippen molar-refractivity contribution in [2.45, 2.75) is 6.54 Å². The van der Waals surface area contributed by atoms with E-state index in [-0.39, 0.29) is 5.82 Å². The smallest absolute Gasteiger partial charge is 0.235 e. The molecule has 0 fully saturated rings. The highest BCUT2D eigenvalue weighted by atomic mass is 16.5. The first-order valence-corrected chi connectivity index (χ1v) is 3.57. The SMILES string of the molecule is N#Cc1nncn1Cc1ccno1. The zero-order valence-corrected chi connectivity index (χ0v) is 6.58. The lowest BCUT2D eigenvalue weighted by molar-refractivity contribution is 0.376. The fourth-order valence-electron chi connectivity index (χ4n) is 0.949. The third-order valence-electron chi connectivity index (χ3n) is 1.53. The molecule has 0 bridgehead atoms. The summed E-state index contributed by atoms with van der Waals surface area (Å²) in [5, 5.41) is 19.4. The molecule has 0 radical (unpaired) electrons. The van der Waals surface area contributed by atoms with E-state index in [1.54, 1.807) is 16.8 Å². The van der Waals surface area contributed by atoms with Crippen molar-refractivity contribution in [3.05, 3.63) is 30.2 Å². The first kappa shape index (κ1) is 7.49. The Balaban J connectivity index is 2.24. The zero-order valence-electron chi connectivity index (χ0n) is 6.58. The van der Waals surface area contributed by atoms with Crippen LogP contribution in [0.1, 0.15) is 11.6 Å². The molecule has 0 saturated carbocycles. The Hall–Kier alpha value is -2.16. The molecule has 0 aliphatic heterocycles. The fraction of sp³-hybridized carbons (Fsp3) is 0.143. The highest BCUT2D eigenvalue weighted by Crippen LogP contribution is 2.01. The van der Waals surface area contributed by atoms with Crippen LogP contribution in [0.5, 0.6) is 0 Å². The van der Waals surface area contributed by atoms with Gasteiger partial charge in [0.1, 0.15) is 12.4 Å². The van der Waals surface area contributed by atoms with E-state index in [9.17, 15) is 0 Å². The molecule has 0 unspecified atom stereocenters. The maximum Gasteiger partial charge on any atom is 0.235 e. The van der Waals surface area contributed by atoms with Gasteiger partial charge in [0.25, 0.3) is 0 Å². The van der Waals surface area contributed by atoms with Crippen LogP contribution in [0.2, 0.25) is 0 Å². The molecule has 0 aliphatic carbocycles. The summed E-state index contributed by atoms with van der Waals surface area (Å²) in [6, 6.07) is 3.64. The van der Waals surface area contributed by atoms with Crippen molar-refractivity contribution in [2.75, 3.05) is 0 Å². The minimum absolute atomic E-state index is 0.261. The van der Waals surface area contributed by atoms with E-state index >= 15 is 0 Å². The molecule has 6 heteroatoms. The van der Waals surface area contributed by atoms with Gasteiger partial charge in [0.15, 0.2) is 5.76 Å². The van der Waals surface area contributed by atoms with Crippen molar-refractivity contribution in [3.8, 4) is 6.07 Å². The normalized spacial score (nSPS) is 9.77. The van der Waals surface area contributed by atoms with Crippen LogP contribution in [-0.2, 0) is 6.54 Å². The molecule has 0 spiro atoms. The molecule has 6 nitrogen and oxygen atoms in total. The van der Waals surface area contributed by atoms with Crippen molar-refractivity contribution in [2.24, 2.45) is 0 Å². The maximum absolute atomic E-state index is 8.62. The van der Waals surface area contributed by atoms with E-state index < -0.39 is 0 Å². The second kappa shape index (κ2) is 3.06. The third kappa shape index (κ3) is 1.39. The summed E-state index contributed by atoms with van der Waals surface area (Å²) in [7, 11) is 0. The lowest BCUT2D eigenvalue weighted by atomic mass is 10.4. The van der Waals surface area contributed by atoms with Gasteiger partial charge in [-0.25, -0.2) is 0 Å². The van der Waals surface area contributed by atoms with Crippen LogP contribution >= 0.6 is 0 Å². The van der Waals surface area contributed by atoms with E-state index in [2.05, 4.69) is 15.4 Å². The van der Waals surface area contributed by atoms with E-state index in [4.69, 9.17) is 9.78 Å². The van der Waals surface area contributed by atoms with E-state index in [0.717, 1.165) is 0 Å². The molecule has 0 aromatic carbocycles. The lowest BCUT2D eigenvalue weighted by Gasteiger charge is -1.95. The number of hydrogen-bond donors (Lipinski definition) is 0. The van der Waals surface area contributed by atoms with Crippen LogP contribution < -0.4 is 0 Å². The summed E-state index contributed by atoms with van der Waals surface area (Å²) in [6.45, 7) is 0.426. The Bertz CT molecular complexity index is 424. The zero-order chi connectivity index (χ0) is 9.10. The van der Waals surface area contributed by atoms with Crippen molar-refractivity contribution in [3.63, 3.8) is 0 Å². The van der Waals surface area contributed by atoms with E-state index in [1.165, 1.54) is 6.33 Å². The predicted molar refractivity (Wildman–Crippen MR) is 40.3 cm³/mol. The van der Waals surface area contributed by atoms with Gasteiger partial charge in [-0.3, -0.25) is 4.57 Å². The molecule has 2 heterocycles. The maximum atomic E-state index is 8.62. The molecule has 2 rings (SSSR count). The number of nitrogens with zero attached hydrogens (tertiary/aromatic N) is 5. The molecule has 0 N–H and O–H groups in total. The summed E-state index contributed by atoms with van der Waals surface area (Å²) >= 11 is 0.